The minimum atomic E-state index is 0.373. The molecule has 0 spiro atoms. The van der Waals surface area contributed by atoms with Crippen LogP contribution in [0.1, 0.15) is 20.3 Å². The van der Waals surface area contributed by atoms with Crippen molar-refractivity contribution in [3.8, 4) is 11.3 Å². The van der Waals surface area contributed by atoms with E-state index in [0.717, 1.165) is 18.9 Å². The molecule has 1 aliphatic heterocycles. The number of hydrogen-bond donors (Lipinski definition) is 1. The van der Waals surface area contributed by atoms with Gasteiger partial charge in [0.1, 0.15) is 11.5 Å². The van der Waals surface area contributed by atoms with Crippen molar-refractivity contribution in [1.29, 1.82) is 0 Å². The molecule has 1 fully saturated rings. The Balaban J connectivity index is 1.93. The number of hydrogen-bond acceptors (Lipinski definition) is 4. The van der Waals surface area contributed by atoms with Crippen LogP contribution >= 0.6 is 23.2 Å². The molecule has 1 aromatic carbocycles. The van der Waals surface area contributed by atoms with Gasteiger partial charge in [-0.3, -0.25) is 0 Å². The Kier molecular flexibility index (Phi) is 4.64. The quantitative estimate of drug-likeness (QED) is 0.865. The molecule has 0 bridgehead atoms. The van der Waals surface area contributed by atoms with E-state index in [2.05, 4.69) is 28.7 Å². The second kappa shape index (κ2) is 6.54. The summed E-state index contributed by atoms with van der Waals surface area (Å²) in [6.45, 7) is 6.49. The van der Waals surface area contributed by atoms with Crippen molar-refractivity contribution in [3.63, 3.8) is 0 Å². The summed E-state index contributed by atoms with van der Waals surface area (Å²) < 4.78 is 0. The van der Waals surface area contributed by atoms with Crippen molar-refractivity contribution < 1.29 is 0 Å². The fraction of sp³-hybridized carbons (Fsp3) is 0.412. The number of rotatable bonds is 2. The molecule has 0 unspecified atom stereocenters. The van der Waals surface area contributed by atoms with Crippen LogP contribution in [0.25, 0.3) is 11.3 Å². The van der Waals surface area contributed by atoms with Crippen LogP contribution in [0.2, 0.25) is 10.0 Å². The van der Waals surface area contributed by atoms with Gasteiger partial charge in [0, 0.05) is 18.7 Å². The topological polar surface area (TPSA) is 55.0 Å². The van der Waals surface area contributed by atoms with Crippen molar-refractivity contribution in [2.75, 3.05) is 23.7 Å². The summed E-state index contributed by atoms with van der Waals surface area (Å²) in [5.74, 6) is 2.48. The van der Waals surface area contributed by atoms with E-state index in [4.69, 9.17) is 28.9 Å². The van der Waals surface area contributed by atoms with Gasteiger partial charge in [-0.2, -0.15) is 0 Å². The summed E-state index contributed by atoms with van der Waals surface area (Å²) >= 11 is 12.3. The molecule has 1 aromatic heterocycles. The first-order valence-electron chi connectivity index (χ1n) is 7.77. The highest BCUT2D eigenvalue weighted by Gasteiger charge is 2.23. The first kappa shape index (κ1) is 16.3. The fourth-order valence-electron chi connectivity index (χ4n) is 3.29. The van der Waals surface area contributed by atoms with E-state index < -0.39 is 0 Å². The third kappa shape index (κ3) is 3.38. The minimum Gasteiger partial charge on any atom is -0.382 e. The molecule has 1 saturated heterocycles. The fourth-order valence-corrected chi connectivity index (χ4v) is 3.68. The highest BCUT2D eigenvalue weighted by atomic mass is 35.5. The highest BCUT2D eigenvalue weighted by molar-refractivity contribution is 6.43. The van der Waals surface area contributed by atoms with Crippen molar-refractivity contribution in [1.82, 2.24) is 9.97 Å². The summed E-state index contributed by atoms with van der Waals surface area (Å²) in [6, 6.07) is 5.41. The summed E-state index contributed by atoms with van der Waals surface area (Å²) in [7, 11) is 0. The molecule has 1 aliphatic rings. The molecule has 0 amide bonds. The number of nitrogen functional groups attached to an aromatic ring is 1. The molecule has 122 valence electrons. The van der Waals surface area contributed by atoms with Gasteiger partial charge in [-0.05, 0) is 24.3 Å². The SMILES string of the molecule is C[C@@H]1C[C@H](C)CN(c2cnc(-c3cccc(Cl)c3Cl)c(N)n2)C1. The Bertz CT molecular complexity index is 710. The predicted octanol–water partition coefficient (Wildman–Crippen LogP) is 4.51. The minimum absolute atomic E-state index is 0.373. The molecule has 23 heavy (non-hydrogen) atoms. The van der Waals surface area contributed by atoms with Crippen molar-refractivity contribution in [2.45, 2.75) is 20.3 Å². The van der Waals surface area contributed by atoms with Crippen LogP contribution in [0.4, 0.5) is 11.6 Å². The molecule has 4 nitrogen and oxygen atoms in total. The van der Waals surface area contributed by atoms with Crippen LogP contribution in [-0.2, 0) is 0 Å². The van der Waals surface area contributed by atoms with Gasteiger partial charge >= 0.3 is 0 Å². The molecule has 2 aromatic rings. The van der Waals surface area contributed by atoms with E-state index in [1.54, 1.807) is 12.3 Å². The molecule has 2 atom stereocenters. The monoisotopic (exact) mass is 350 g/mol. The summed E-state index contributed by atoms with van der Waals surface area (Å²) in [4.78, 5) is 11.3. The zero-order chi connectivity index (χ0) is 16.6. The number of piperidine rings is 1. The second-order valence-electron chi connectivity index (χ2n) is 6.41. The maximum atomic E-state index is 6.26. The normalized spacial score (nSPS) is 21.5. The summed E-state index contributed by atoms with van der Waals surface area (Å²) in [6.07, 6.45) is 3.02. The molecule has 3 rings (SSSR count). The van der Waals surface area contributed by atoms with Crippen molar-refractivity contribution in [2.24, 2.45) is 11.8 Å². The molecular weight excluding hydrogens is 331 g/mol. The van der Waals surface area contributed by atoms with Crippen LogP contribution in [0, 0.1) is 11.8 Å². The number of benzene rings is 1. The summed E-state index contributed by atoms with van der Waals surface area (Å²) in [5, 5.41) is 0.927. The molecule has 6 heteroatoms. The highest BCUT2D eigenvalue weighted by Crippen LogP contribution is 2.35. The number of aromatic nitrogens is 2. The van der Waals surface area contributed by atoms with Crippen LogP contribution in [-0.4, -0.2) is 23.1 Å². The van der Waals surface area contributed by atoms with Crippen LogP contribution < -0.4 is 10.6 Å². The van der Waals surface area contributed by atoms with Gasteiger partial charge in [-0.1, -0.05) is 49.2 Å². The lowest BCUT2D eigenvalue weighted by molar-refractivity contribution is 0.355. The molecule has 0 radical (unpaired) electrons. The van der Waals surface area contributed by atoms with Crippen LogP contribution in [0.5, 0.6) is 0 Å². The lowest BCUT2D eigenvalue weighted by Gasteiger charge is -2.35. The van der Waals surface area contributed by atoms with E-state index >= 15 is 0 Å². The van der Waals surface area contributed by atoms with Gasteiger partial charge in [0.05, 0.1) is 16.2 Å². The molecule has 0 aliphatic carbocycles. The average Bonchev–Trinajstić information content (AvgIpc) is 2.49. The average molecular weight is 351 g/mol. The van der Waals surface area contributed by atoms with Gasteiger partial charge < -0.3 is 10.6 Å². The zero-order valence-electron chi connectivity index (χ0n) is 13.3. The zero-order valence-corrected chi connectivity index (χ0v) is 14.8. The van der Waals surface area contributed by atoms with E-state index in [1.807, 2.05) is 12.1 Å². The van der Waals surface area contributed by atoms with Crippen molar-refractivity contribution >= 4 is 34.8 Å². The van der Waals surface area contributed by atoms with Gasteiger partial charge in [0.25, 0.3) is 0 Å². The van der Waals surface area contributed by atoms with E-state index in [1.165, 1.54) is 6.42 Å². The second-order valence-corrected chi connectivity index (χ2v) is 7.20. The molecular formula is C17H20Cl2N4. The number of anilines is 2. The Labute approximate surface area is 146 Å². The lowest BCUT2D eigenvalue weighted by Crippen LogP contribution is -2.39. The number of nitrogens with zero attached hydrogens (tertiary/aromatic N) is 3. The van der Waals surface area contributed by atoms with Gasteiger partial charge in [-0.15, -0.1) is 0 Å². The molecule has 2 heterocycles. The largest absolute Gasteiger partial charge is 0.382 e. The Hall–Kier alpha value is -1.52. The van der Waals surface area contributed by atoms with Gasteiger partial charge in [0.15, 0.2) is 5.82 Å². The summed E-state index contributed by atoms with van der Waals surface area (Å²) in [5.41, 5.74) is 7.42. The number of nitrogens with two attached hydrogens (primary N) is 1. The standard InChI is InChI=1S/C17H20Cl2N4/c1-10-6-11(2)9-23(8-10)14-7-21-16(17(20)22-14)12-4-3-5-13(18)15(12)19/h3-5,7,10-11H,6,8-9H2,1-2H3,(H2,20,22)/t10-,11+. The first-order chi connectivity index (χ1) is 11.0. The smallest absolute Gasteiger partial charge is 0.152 e. The molecule has 0 saturated carbocycles. The predicted molar refractivity (Wildman–Crippen MR) is 97.1 cm³/mol. The van der Waals surface area contributed by atoms with E-state index in [-0.39, 0.29) is 0 Å². The third-order valence-electron chi connectivity index (χ3n) is 4.19. The van der Waals surface area contributed by atoms with Crippen LogP contribution in [0.3, 0.4) is 0 Å². The number of halogens is 2. The van der Waals surface area contributed by atoms with Crippen molar-refractivity contribution in [3.05, 3.63) is 34.4 Å². The molecule has 2 N–H and O–H groups in total. The van der Waals surface area contributed by atoms with E-state index in [0.29, 0.717) is 39.0 Å². The van der Waals surface area contributed by atoms with Crippen LogP contribution in [0.15, 0.2) is 24.4 Å². The van der Waals surface area contributed by atoms with E-state index in [9.17, 15) is 0 Å². The first-order valence-corrected chi connectivity index (χ1v) is 8.53. The van der Waals surface area contributed by atoms with Gasteiger partial charge in [0.2, 0.25) is 0 Å². The Morgan fingerprint density at radius 3 is 2.52 bits per heavy atom. The van der Waals surface area contributed by atoms with Gasteiger partial charge in [-0.25, -0.2) is 9.97 Å². The third-order valence-corrected chi connectivity index (χ3v) is 5.01. The Morgan fingerprint density at radius 2 is 1.87 bits per heavy atom. The maximum absolute atomic E-state index is 6.26. The lowest BCUT2D eigenvalue weighted by atomic mass is 9.92. The maximum Gasteiger partial charge on any atom is 0.152 e. The Morgan fingerprint density at radius 1 is 1.17 bits per heavy atom.